The van der Waals surface area contributed by atoms with Crippen molar-refractivity contribution in [3.8, 4) is 5.75 Å². The number of aryl methyl sites for hydroxylation is 2. The number of fused-ring (bicyclic) bond motifs is 1. The predicted octanol–water partition coefficient (Wildman–Crippen LogP) is 2.79. The molecule has 1 atom stereocenters. The molecule has 3 heteroatoms. The highest BCUT2D eigenvalue weighted by molar-refractivity contribution is 5.40. The van der Waals surface area contributed by atoms with Gasteiger partial charge in [-0.1, -0.05) is 23.8 Å². The van der Waals surface area contributed by atoms with E-state index in [-0.39, 0.29) is 6.10 Å². The largest absolute Gasteiger partial charge is 0.488 e. The zero-order valence-electron chi connectivity index (χ0n) is 12.0. The first kappa shape index (κ1) is 13.1. The summed E-state index contributed by atoms with van der Waals surface area (Å²) >= 11 is 0. The Morgan fingerprint density at radius 2 is 2.15 bits per heavy atom. The van der Waals surface area contributed by atoms with E-state index in [0.29, 0.717) is 0 Å². The van der Waals surface area contributed by atoms with E-state index in [4.69, 9.17) is 4.74 Å². The van der Waals surface area contributed by atoms with Crippen LogP contribution in [0.1, 0.15) is 22.5 Å². The molecule has 1 aromatic heterocycles. The van der Waals surface area contributed by atoms with Crippen LogP contribution in [0.3, 0.4) is 0 Å². The average Bonchev–Trinajstić information content (AvgIpc) is 2.80. The Labute approximate surface area is 120 Å². The van der Waals surface area contributed by atoms with Crippen LogP contribution in [0.2, 0.25) is 0 Å². The highest BCUT2D eigenvalue weighted by Crippen LogP contribution is 2.29. The zero-order chi connectivity index (χ0) is 13.9. The second-order valence-corrected chi connectivity index (χ2v) is 5.46. The Balaban J connectivity index is 1.51. The van der Waals surface area contributed by atoms with Gasteiger partial charge in [-0.15, -0.1) is 0 Å². The maximum Gasteiger partial charge on any atom is 0.123 e. The van der Waals surface area contributed by atoms with E-state index in [1.807, 2.05) is 25.1 Å². The van der Waals surface area contributed by atoms with Gasteiger partial charge < -0.3 is 10.1 Å². The maximum atomic E-state index is 5.94. The molecule has 0 fully saturated rings. The number of benzene rings is 1. The number of ether oxygens (including phenoxy) is 1. The fourth-order valence-corrected chi connectivity index (χ4v) is 2.62. The van der Waals surface area contributed by atoms with Gasteiger partial charge in [-0.2, -0.15) is 0 Å². The van der Waals surface area contributed by atoms with Gasteiger partial charge in [0, 0.05) is 25.2 Å². The Hall–Kier alpha value is -1.87. The molecule has 3 rings (SSSR count). The van der Waals surface area contributed by atoms with Crippen molar-refractivity contribution in [3.05, 3.63) is 58.9 Å². The standard InChI is InChI=1S/C17H20N2O/c1-12-6-7-17-14(8-12)9-16(20-17)11-18-10-15-5-3-4-13(2)19-15/h3-8,16,18H,9-11H2,1-2H3. The van der Waals surface area contributed by atoms with Gasteiger partial charge in [0.1, 0.15) is 11.9 Å². The van der Waals surface area contributed by atoms with Crippen molar-refractivity contribution in [2.75, 3.05) is 6.54 Å². The van der Waals surface area contributed by atoms with Gasteiger partial charge in [-0.3, -0.25) is 4.98 Å². The first-order valence-electron chi connectivity index (χ1n) is 7.10. The maximum absolute atomic E-state index is 5.94. The Morgan fingerprint density at radius 1 is 1.25 bits per heavy atom. The van der Waals surface area contributed by atoms with Crippen LogP contribution in [0, 0.1) is 13.8 Å². The molecule has 1 aliphatic rings. The molecular formula is C17H20N2O. The van der Waals surface area contributed by atoms with Crippen molar-refractivity contribution in [1.82, 2.24) is 10.3 Å². The summed E-state index contributed by atoms with van der Waals surface area (Å²) in [7, 11) is 0. The molecule has 0 amide bonds. The Morgan fingerprint density at radius 3 is 3.00 bits per heavy atom. The van der Waals surface area contributed by atoms with Crippen molar-refractivity contribution < 1.29 is 4.74 Å². The van der Waals surface area contributed by atoms with E-state index >= 15 is 0 Å². The van der Waals surface area contributed by atoms with Crippen molar-refractivity contribution >= 4 is 0 Å². The van der Waals surface area contributed by atoms with Gasteiger partial charge in [0.25, 0.3) is 0 Å². The predicted molar refractivity (Wildman–Crippen MR) is 80.0 cm³/mol. The van der Waals surface area contributed by atoms with Crippen LogP contribution >= 0.6 is 0 Å². The molecule has 1 unspecified atom stereocenters. The molecule has 2 aromatic rings. The SMILES string of the molecule is Cc1ccc2c(c1)CC(CNCc1cccc(C)n1)O2. The number of hydrogen-bond donors (Lipinski definition) is 1. The van der Waals surface area contributed by atoms with Crippen LogP contribution in [0.25, 0.3) is 0 Å². The van der Waals surface area contributed by atoms with Crippen LogP contribution in [0.5, 0.6) is 5.75 Å². The van der Waals surface area contributed by atoms with E-state index in [9.17, 15) is 0 Å². The fourth-order valence-electron chi connectivity index (χ4n) is 2.62. The van der Waals surface area contributed by atoms with Crippen LogP contribution in [-0.4, -0.2) is 17.6 Å². The number of nitrogens with one attached hydrogen (secondary N) is 1. The normalized spacial score (nSPS) is 16.8. The van der Waals surface area contributed by atoms with Crippen molar-refractivity contribution in [1.29, 1.82) is 0 Å². The topological polar surface area (TPSA) is 34.2 Å². The molecule has 2 heterocycles. The van der Waals surface area contributed by atoms with Crippen LogP contribution in [-0.2, 0) is 13.0 Å². The van der Waals surface area contributed by atoms with E-state index in [0.717, 1.165) is 36.6 Å². The molecule has 0 saturated carbocycles. The van der Waals surface area contributed by atoms with Gasteiger partial charge in [-0.25, -0.2) is 0 Å². The third-order valence-electron chi connectivity index (χ3n) is 3.58. The zero-order valence-corrected chi connectivity index (χ0v) is 12.0. The van der Waals surface area contributed by atoms with E-state index in [1.54, 1.807) is 0 Å². The summed E-state index contributed by atoms with van der Waals surface area (Å²) in [6.07, 6.45) is 1.22. The lowest BCUT2D eigenvalue weighted by Crippen LogP contribution is -2.30. The molecule has 0 spiro atoms. The minimum atomic E-state index is 0.233. The lowest BCUT2D eigenvalue weighted by atomic mass is 10.1. The Bertz CT molecular complexity index is 610. The van der Waals surface area contributed by atoms with Gasteiger partial charge in [-0.05, 0) is 37.6 Å². The lowest BCUT2D eigenvalue weighted by molar-refractivity contribution is 0.227. The van der Waals surface area contributed by atoms with Gasteiger partial charge in [0.05, 0.1) is 5.69 Å². The first-order chi connectivity index (χ1) is 9.70. The molecule has 3 nitrogen and oxygen atoms in total. The second kappa shape index (κ2) is 5.63. The molecule has 0 saturated heterocycles. The number of aromatic nitrogens is 1. The first-order valence-corrected chi connectivity index (χ1v) is 7.10. The van der Waals surface area contributed by atoms with E-state index < -0.39 is 0 Å². The molecule has 20 heavy (non-hydrogen) atoms. The van der Waals surface area contributed by atoms with Gasteiger partial charge in [0.2, 0.25) is 0 Å². The molecule has 0 radical (unpaired) electrons. The van der Waals surface area contributed by atoms with Crippen LogP contribution < -0.4 is 10.1 Å². The van der Waals surface area contributed by atoms with Gasteiger partial charge in [0.15, 0.2) is 0 Å². The van der Waals surface area contributed by atoms with E-state index in [1.165, 1.54) is 11.1 Å². The third kappa shape index (κ3) is 2.99. The lowest BCUT2D eigenvalue weighted by Gasteiger charge is -2.11. The van der Waals surface area contributed by atoms with Crippen molar-refractivity contribution in [2.24, 2.45) is 0 Å². The smallest absolute Gasteiger partial charge is 0.123 e. The summed E-state index contributed by atoms with van der Waals surface area (Å²) in [5.74, 6) is 1.04. The van der Waals surface area contributed by atoms with Crippen molar-refractivity contribution in [3.63, 3.8) is 0 Å². The molecule has 104 valence electrons. The quantitative estimate of drug-likeness (QED) is 0.926. The number of nitrogens with zero attached hydrogens (tertiary/aromatic N) is 1. The van der Waals surface area contributed by atoms with Crippen LogP contribution in [0.4, 0.5) is 0 Å². The summed E-state index contributed by atoms with van der Waals surface area (Å²) < 4.78 is 5.94. The van der Waals surface area contributed by atoms with Crippen molar-refractivity contribution in [2.45, 2.75) is 32.9 Å². The molecular weight excluding hydrogens is 248 g/mol. The number of hydrogen-bond acceptors (Lipinski definition) is 3. The van der Waals surface area contributed by atoms with Crippen LogP contribution in [0.15, 0.2) is 36.4 Å². The number of rotatable bonds is 4. The highest BCUT2D eigenvalue weighted by atomic mass is 16.5. The second-order valence-electron chi connectivity index (χ2n) is 5.46. The summed E-state index contributed by atoms with van der Waals surface area (Å²) in [5, 5.41) is 3.43. The minimum absolute atomic E-state index is 0.233. The minimum Gasteiger partial charge on any atom is -0.488 e. The molecule has 0 bridgehead atoms. The molecule has 1 N–H and O–H groups in total. The number of pyridine rings is 1. The Kier molecular flexibility index (Phi) is 3.70. The summed E-state index contributed by atoms with van der Waals surface area (Å²) in [5.41, 5.74) is 4.76. The average molecular weight is 268 g/mol. The summed E-state index contributed by atoms with van der Waals surface area (Å²) in [6, 6.07) is 12.5. The molecule has 1 aliphatic heterocycles. The summed E-state index contributed by atoms with van der Waals surface area (Å²) in [6.45, 7) is 5.78. The summed E-state index contributed by atoms with van der Waals surface area (Å²) in [4.78, 5) is 4.49. The fraction of sp³-hybridized carbons (Fsp3) is 0.353. The molecule has 1 aromatic carbocycles. The molecule has 0 aliphatic carbocycles. The third-order valence-corrected chi connectivity index (χ3v) is 3.58. The highest BCUT2D eigenvalue weighted by Gasteiger charge is 2.22. The monoisotopic (exact) mass is 268 g/mol. The van der Waals surface area contributed by atoms with E-state index in [2.05, 4.69) is 35.4 Å². The van der Waals surface area contributed by atoms with Gasteiger partial charge >= 0.3 is 0 Å².